The molecule has 1 aliphatic heterocycles. The van der Waals surface area contributed by atoms with Crippen LogP contribution in [0.3, 0.4) is 0 Å². The van der Waals surface area contributed by atoms with E-state index >= 15 is 0 Å². The number of carboxylic acid groups (broad SMARTS) is 1. The van der Waals surface area contributed by atoms with E-state index in [0.717, 1.165) is 11.3 Å². The Balaban J connectivity index is 1.28. The number of amides is 1. The molecule has 4 aromatic rings. The molecule has 0 aliphatic carbocycles. The van der Waals surface area contributed by atoms with Gasteiger partial charge < -0.3 is 19.9 Å². The van der Waals surface area contributed by atoms with Gasteiger partial charge in [0.15, 0.2) is 5.75 Å². The molecule has 1 aliphatic rings. The van der Waals surface area contributed by atoms with E-state index in [-0.39, 0.29) is 34.1 Å². The van der Waals surface area contributed by atoms with Crippen molar-refractivity contribution in [3.8, 4) is 28.5 Å². The molecule has 7 nitrogen and oxygen atoms in total. The summed E-state index contributed by atoms with van der Waals surface area (Å²) in [5, 5.41) is 13.2. The number of fused-ring (bicyclic) bond motifs is 1. The number of aromatic nitrogens is 1. The van der Waals surface area contributed by atoms with Crippen LogP contribution in [0.2, 0.25) is 15.1 Å². The molecule has 2 N–H and O–H groups in total. The first-order valence-corrected chi connectivity index (χ1v) is 12.6. The van der Waals surface area contributed by atoms with Crippen LogP contribution in [0, 0.1) is 0 Å². The first-order chi connectivity index (χ1) is 18.3. The summed E-state index contributed by atoms with van der Waals surface area (Å²) in [5.41, 5.74) is 2.95. The standard InChI is InChI=1S/C28H19Cl3N2O5/c29-17-3-1-2-16(12-17)23-9-6-18(14-32-23)33-27(34)15-4-7-19(8-5-15)38-26-22(30)13-21-20(28(35)36)10-11-37-25(21)24(26)31/h1-9,12-14,20H,10-11H2,(H,33,34)(H,35,36). The molecule has 1 aromatic heterocycles. The van der Waals surface area contributed by atoms with Gasteiger partial charge in [0.25, 0.3) is 5.91 Å². The van der Waals surface area contributed by atoms with Gasteiger partial charge >= 0.3 is 5.97 Å². The molecule has 0 saturated heterocycles. The Morgan fingerprint density at radius 1 is 1.03 bits per heavy atom. The highest BCUT2D eigenvalue weighted by Crippen LogP contribution is 2.48. The highest BCUT2D eigenvalue weighted by molar-refractivity contribution is 6.38. The summed E-state index contributed by atoms with van der Waals surface area (Å²) in [7, 11) is 0. The fourth-order valence-corrected chi connectivity index (χ4v) is 4.87. The Morgan fingerprint density at radius 3 is 2.50 bits per heavy atom. The number of carboxylic acids is 1. The molecule has 2 heterocycles. The normalized spacial score (nSPS) is 14.2. The summed E-state index contributed by atoms with van der Waals surface area (Å²) in [4.78, 5) is 28.7. The lowest BCUT2D eigenvalue weighted by Gasteiger charge is -2.25. The molecular formula is C28H19Cl3N2O5. The van der Waals surface area contributed by atoms with E-state index < -0.39 is 11.9 Å². The maximum atomic E-state index is 12.7. The minimum atomic E-state index is -0.975. The number of hydrogen-bond acceptors (Lipinski definition) is 5. The van der Waals surface area contributed by atoms with Crippen LogP contribution in [-0.2, 0) is 4.79 Å². The van der Waals surface area contributed by atoms with Crippen LogP contribution in [0.25, 0.3) is 11.3 Å². The smallest absolute Gasteiger partial charge is 0.311 e. The Labute approximate surface area is 232 Å². The molecule has 1 unspecified atom stereocenters. The highest BCUT2D eigenvalue weighted by atomic mass is 35.5. The second-order valence-electron chi connectivity index (χ2n) is 8.47. The number of aliphatic carboxylic acids is 1. The zero-order valence-electron chi connectivity index (χ0n) is 19.6. The first kappa shape index (κ1) is 25.9. The van der Waals surface area contributed by atoms with Crippen LogP contribution in [0.15, 0.2) is 72.9 Å². The van der Waals surface area contributed by atoms with Gasteiger partial charge in [-0.25, -0.2) is 0 Å². The number of nitrogens with one attached hydrogen (secondary N) is 1. The first-order valence-electron chi connectivity index (χ1n) is 11.5. The lowest BCUT2D eigenvalue weighted by molar-refractivity contribution is -0.139. The predicted octanol–water partition coefficient (Wildman–Crippen LogP) is 7.70. The van der Waals surface area contributed by atoms with Crippen LogP contribution in [0.4, 0.5) is 5.69 Å². The second-order valence-corrected chi connectivity index (χ2v) is 9.69. The summed E-state index contributed by atoms with van der Waals surface area (Å²) < 4.78 is 11.5. The summed E-state index contributed by atoms with van der Waals surface area (Å²) >= 11 is 18.9. The van der Waals surface area contributed by atoms with Crippen molar-refractivity contribution >= 4 is 52.4 Å². The van der Waals surface area contributed by atoms with E-state index in [1.54, 1.807) is 48.7 Å². The molecule has 0 fully saturated rings. The largest absolute Gasteiger partial charge is 0.492 e. The topological polar surface area (TPSA) is 97.8 Å². The Bertz CT molecular complexity index is 1530. The van der Waals surface area contributed by atoms with E-state index in [1.165, 1.54) is 6.07 Å². The van der Waals surface area contributed by atoms with Crippen molar-refractivity contribution in [1.29, 1.82) is 0 Å². The van der Waals surface area contributed by atoms with Crippen molar-refractivity contribution in [3.63, 3.8) is 0 Å². The molecule has 1 amide bonds. The number of anilines is 1. The Hall–Kier alpha value is -3.78. The molecule has 0 bridgehead atoms. The van der Waals surface area contributed by atoms with Crippen LogP contribution < -0.4 is 14.8 Å². The average molecular weight is 570 g/mol. The number of nitrogens with zero attached hydrogens (tertiary/aromatic N) is 1. The van der Waals surface area contributed by atoms with Crippen LogP contribution >= 0.6 is 34.8 Å². The summed E-state index contributed by atoms with van der Waals surface area (Å²) in [6.07, 6.45) is 1.89. The molecule has 1 atom stereocenters. The maximum absolute atomic E-state index is 12.7. The van der Waals surface area contributed by atoms with Gasteiger partial charge in [-0.3, -0.25) is 14.6 Å². The van der Waals surface area contributed by atoms with Crippen LogP contribution in [-0.4, -0.2) is 28.6 Å². The molecule has 10 heteroatoms. The average Bonchev–Trinajstić information content (AvgIpc) is 2.91. The minimum absolute atomic E-state index is 0.0917. The molecule has 192 valence electrons. The van der Waals surface area contributed by atoms with Crippen LogP contribution in [0.1, 0.15) is 28.3 Å². The molecule has 0 saturated carbocycles. The van der Waals surface area contributed by atoms with Gasteiger partial charge in [0.05, 0.1) is 35.1 Å². The van der Waals surface area contributed by atoms with E-state index in [0.29, 0.717) is 34.0 Å². The number of carbonyl (C=O) groups excluding carboxylic acids is 1. The minimum Gasteiger partial charge on any atom is -0.492 e. The third kappa shape index (κ3) is 5.41. The summed E-state index contributed by atoms with van der Waals surface area (Å²) in [6.45, 7) is 0.216. The zero-order chi connectivity index (χ0) is 26.8. The number of rotatable bonds is 6. The van der Waals surface area contributed by atoms with Gasteiger partial charge in [-0.2, -0.15) is 0 Å². The summed E-state index contributed by atoms with van der Waals surface area (Å²) in [6, 6.07) is 18.8. The predicted molar refractivity (Wildman–Crippen MR) is 146 cm³/mol. The zero-order valence-corrected chi connectivity index (χ0v) is 21.8. The molecule has 3 aromatic carbocycles. The van der Waals surface area contributed by atoms with Crippen molar-refractivity contribution in [1.82, 2.24) is 4.98 Å². The second kappa shape index (κ2) is 10.9. The van der Waals surface area contributed by atoms with E-state index in [4.69, 9.17) is 44.3 Å². The van der Waals surface area contributed by atoms with Crippen molar-refractivity contribution in [2.24, 2.45) is 0 Å². The number of hydrogen-bond donors (Lipinski definition) is 2. The van der Waals surface area contributed by atoms with E-state index in [2.05, 4.69) is 10.3 Å². The lowest BCUT2D eigenvalue weighted by Crippen LogP contribution is -2.21. The number of pyridine rings is 1. The maximum Gasteiger partial charge on any atom is 0.311 e. The van der Waals surface area contributed by atoms with Gasteiger partial charge in [-0.05, 0) is 61.0 Å². The number of benzene rings is 3. The van der Waals surface area contributed by atoms with Gasteiger partial charge in [0, 0.05) is 21.7 Å². The van der Waals surface area contributed by atoms with Crippen LogP contribution in [0.5, 0.6) is 17.2 Å². The number of carbonyl (C=O) groups is 2. The fourth-order valence-electron chi connectivity index (χ4n) is 4.07. The molecular weight excluding hydrogens is 551 g/mol. The highest BCUT2D eigenvalue weighted by Gasteiger charge is 2.32. The third-order valence-corrected chi connectivity index (χ3v) is 6.82. The third-order valence-electron chi connectivity index (χ3n) is 5.96. The van der Waals surface area contributed by atoms with Crippen molar-refractivity contribution in [3.05, 3.63) is 99.1 Å². The Morgan fingerprint density at radius 2 is 1.82 bits per heavy atom. The number of halogens is 3. The van der Waals surface area contributed by atoms with Crippen molar-refractivity contribution < 1.29 is 24.2 Å². The molecule has 0 radical (unpaired) electrons. The van der Waals surface area contributed by atoms with E-state index in [9.17, 15) is 14.7 Å². The molecule has 38 heavy (non-hydrogen) atoms. The monoisotopic (exact) mass is 568 g/mol. The summed E-state index contributed by atoms with van der Waals surface area (Å²) in [5.74, 6) is -1.30. The van der Waals surface area contributed by atoms with Gasteiger partial charge in [-0.15, -0.1) is 0 Å². The van der Waals surface area contributed by atoms with Crippen molar-refractivity contribution in [2.75, 3.05) is 11.9 Å². The Kier molecular flexibility index (Phi) is 7.42. The molecule has 5 rings (SSSR count). The van der Waals surface area contributed by atoms with Gasteiger partial charge in [0.1, 0.15) is 16.5 Å². The van der Waals surface area contributed by atoms with Gasteiger partial charge in [0.2, 0.25) is 0 Å². The quantitative estimate of drug-likeness (QED) is 0.247. The SMILES string of the molecule is O=C(Nc1ccc(-c2cccc(Cl)c2)nc1)c1ccc(Oc2c(Cl)cc3c(c2Cl)OCCC3C(=O)O)cc1. The number of ether oxygens (including phenoxy) is 2. The van der Waals surface area contributed by atoms with Crippen molar-refractivity contribution in [2.45, 2.75) is 12.3 Å². The van der Waals surface area contributed by atoms with E-state index in [1.807, 2.05) is 18.2 Å². The van der Waals surface area contributed by atoms with Gasteiger partial charge in [-0.1, -0.05) is 46.9 Å². The fraction of sp³-hybridized carbons (Fsp3) is 0.107. The lowest BCUT2D eigenvalue weighted by atomic mass is 9.93. The molecule has 0 spiro atoms.